The molecule has 0 aliphatic carbocycles. The Hall–Kier alpha value is -3.05. The van der Waals surface area contributed by atoms with E-state index in [0.717, 1.165) is 45.4 Å². The van der Waals surface area contributed by atoms with Crippen LogP contribution in [-0.2, 0) is 5.41 Å². The molecule has 2 aromatic carbocycles. The van der Waals surface area contributed by atoms with Crippen LogP contribution in [0.5, 0.6) is 5.75 Å². The number of aromatic nitrogens is 3. The summed E-state index contributed by atoms with van der Waals surface area (Å²) in [5.41, 5.74) is 5.61. The van der Waals surface area contributed by atoms with Gasteiger partial charge in [0, 0.05) is 27.8 Å². The molecule has 0 aliphatic heterocycles. The van der Waals surface area contributed by atoms with Gasteiger partial charge in [-0.25, -0.2) is 4.98 Å². The number of benzene rings is 2. The molecule has 0 saturated carbocycles. The fraction of sp³-hybridized carbons (Fsp3) is 0.280. The molecule has 2 heterocycles. The largest absolute Gasteiger partial charge is 0.494 e. The zero-order valence-corrected chi connectivity index (χ0v) is 19.3. The van der Waals surface area contributed by atoms with E-state index in [-0.39, 0.29) is 5.41 Å². The number of nitrogens with one attached hydrogen (secondary N) is 1. The van der Waals surface area contributed by atoms with E-state index in [4.69, 9.17) is 26.4 Å². The van der Waals surface area contributed by atoms with E-state index in [0.29, 0.717) is 11.6 Å². The van der Waals surface area contributed by atoms with Gasteiger partial charge in [-0.1, -0.05) is 44.5 Å². The third-order valence-corrected chi connectivity index (χ3v) is 5.36. The topological polar surface area (TPSA) is 51.5 Å². The molecule has 0 bridgehead atoms. The molecule has 0 aliphatic rings. The molecule has 31 heavy (non-hydrogen) atoms. The maximum absolute atomic E-state index is 6.11. The van der Waals surface area contributed by atoms with Crippen LogP contribution in [0.15, 0.2) is 54.6 Å². The molecule has 0 radical (unpaired) electrons. The molecule has 1 N–H and O–H groups in total. The second kappa shape index (κ2) is 8.23. The highest BCUT2D eigenvalue weighted by atomic mass is 35.5. The third-order valence-electron chi connectivity index (χ3n) is 5.10. The van der Waals surface area contributed by atoms with Gasteiger partial charge in [0.15, 0.2) is 5.65 Å². The summed E-state index contributed by atoms with van der Waals surface area (Å²) in [6.45, 7) is 11.1. The Morgan fingerprint density at radius 3 is 2.32 bits per heavy atom. The predicted octanol–water partition coefficient (Wildman–Crippen LogP) is 6.80. The Bertz CT molecular complexity index is 1210. The van der Waals surface area contributed by atoms with Crippen molar-refractivity contribution < 1.29 is 4.74 Å². The maximum Gasteiger partial charge on any atom is 0.165 e. The number of fused-ring (bicyclic) bond motifs is 1. The van der Waals surface area contributed by atoms with E-state index in [1.165, 1.54) is 0 Å². The molecule has 0 fully saturated rings. The van der Waals surface area contributed by atoms with E-state index >= 15 is 0 Å². The number of hydrogen-bond donors (Lipinski definition) is 1. The Kier molecular flexibility index (Phi) is 5.63. The molecular formula is C25H27ClN4O. The first-order chi connectivity index (χ1) is 14.8. The number of anilines is 2. The molecule has 0 atom stereocenters. The molecule has 0 unspecified atom stereocenters. The number of rotatable bonds is 5. The van der Waals surface area contributed by atoms with Gasteiger partial charge >= 0.3 is 0 Å². The van der Waals surface area contributed by atoms with Gasteiger partial charge in [0.1, 0.15) is 11.6 Å². The van der Waals surface area contributed by atoms with Crippen molar-refractivity contribution in [3.63, 3.8) is 0 Å². The lowest BCUT2D eigenvalue weighted by Crippen LogP contribution is -2.16. The minimum atomic E-state index is -0.119. The minimum absolute atomic E-state index is 0.119. The van der Waals surface area contributed by atoms with Crippen LogP contribution in [-0.4, -0.2) is 21.2 Å². The van der Waals surface area contributed by atoms with Crippen LogP contribution in [0.4, 0.5) is 11.5 Å². The highest BCUT2D eigenvalue weighted by Gasteiger charge is 2.22. The highest BCUT2D eigenvalue weighted by Crippen LogP contribution is 2.33. The quantitative estimate of drug-likeness (QED) is 0.375. The first-order valence-corrected chi connectivity index (χ1v) is 10.8. The van der Waals surface area contributed by atoms with Gasteiger partial charge in [0.25, 0.3) is 0 Å². The van der Waals surface area contributed by atoms with Crippen LogP contribution >= 0.6 is 11.6 Å². The summed E-state index contributed by atoms with van der Waals surface area (Å²) < 4.78 is 7.44. The third kappa shape index (κ3) is 4.37. The smallest absolute Gasteiger partial charge is 0.165 e. The number of ether oxygens (including phenoxy) is 1. The summed E-state index contributed by atoms with van der Waals surface area (Å²) >= 11 is 6.11. The number of halogens is 1. The maximum atomic E-state index is 6.11. The van der Waals surface area contributed by atoms with Crippen molar-refractivity contribution in [3.05, 3.63) is 71.0 Å². The molecule has 2 aromatic heterocycles. The zero-order chi connectivity index (χ0) is 22.2. The van der Waals surface area contributed by atoms with Crippen molar-refractivity contribution in [2.45, 2.75) is 40.0 Å². The first kappa shape index (κ1) is 21.2. The van der Waals surface area contributed by atoms with Crippen molar-refractivity contribution in [2.24, 2.45) is 0 Å². The van der Waals surface area contributed by atoms with Crippen LogP contribution < -0.4 is 10.1 Å². The summed E-state index contributed by atoms with van der Waals surface area (Å²) in [7, 11) is 0. The Labute approximate surface area is 188 Å². The summed E-state index contributed by atoms with van der Waals surface area (Å²) in [4.78, 5) is 5.01. The molecule has 0 saturated heterocycles. The van der Waals surface area contributed by atoms with Crippen LogP contribution in [0.25, 0.3) is 16.8 Å². The summed E-state index contributed by atoms with van der Waals surface area (Å²) in [5.74, 6) is 1.71. The molecule has 0 spiro atoms. The number of hydrogen-bond acceptors (Lipinski definition) is 4. The average Bonchev–Trinajstić information content (AvgIpc) is 3.06. The van der Waals surface area contributed by atoms with Crippen molar-refractivity contribution in [1.82, 2.24) is 14.6 Å². The summed E-state index contributed by atoms with van der Waals surface area (Å²) in [5, 5.41) is 9.03. The van der Waals surface area contributed by atoms with Crippen LogP contribution in [0.1, 0.15) is 39.1 Å². The van der Waals surface area contributed by atoms with E-state index in [1.807, 2.05) is 66.9 Å². The van der Waals surface area contributed by atoms with Crippen molar-refractivity contribution in [1.29, 1.82) is 0 Å². The summed E-state index contributed by atoms with van der Waals surface area (Å²) in [6, 6.07) is 17.8. The highest BCUT2D eigenvalue weighted by molar-refractivity contribution is 6.30. The first-order valence-electron chi connectivity index (χ1n) is 10.4. The second-order valence-electron chi connectivity index (χ2n) is 8.56. The summed E-state index contributed by atoms with van der Waals surface area (Å²) in [6.07, 6.45) is 0. The molecule has 6 heteroatoms. The van der Waals surface area contributed by atoms with E-state index in [9.17, 15) is 0 Å². The van der Waals surface area contributed by atoms with Crippen LogP contribution in [0.2, 0.25) is 5.02 Å². The minimum Gasteiger partial charge on any atom is -0.494 e. The predicted molar refractivity (Wildman–Crippen MR) is 128 cm³/mol. The fourth-order valence-electron chi connectivity index (χ4n) is 3.50. The normalized spacial score (nSPS) is 11.7. The molecular weight excluding hydrogens is 408 g/mol. The zero-order valence-electron chi connectivity index (χ0n) is 18.5. The Balaban J connectivity index is 1.86. The lowest BCUT2D eigenvalue weighted by molar-refractivity contribution is 0.340. The van der Waals surface area contributed by atoms with E-state index in [1.54, 1.807) is 0 Å². The Morgan fingerprint density at radius 2 is 1.71 bits per heavy atom. The fourth-order valence-corrected chi connectivity index (χ4v) is 3.63. The average molecular weight is 435 g/mol. The van der Waals surface area contributed by atoms with Gasteiger partial charge < -0.3 is 10.1 Å². The van der Waals surface area contributed by atoms with Gasteiger partial charge in [0.2, 0.25) is 0 Å². The van der Waals surface area contributed by atoms with E-state index in [2.05, 4.69) is 32.2 Å². The van der Waals surface area contributed by atoms with Gasteiger partial charge in [0.05, 0.1) is 18.0 Å². The SMILES string of the molecule is CCOc1ccc(Nc2cc(C(C)(C)C)nc3c(-c4ccc(Cl)cc4)c(C)nn23)cc1. The number of nitrogens with zero attached hydrogens (tertiary/aromatic N) is 3. The van der Waals surface area contributed by atoms with Gasteiger partial charge in [-0.05, 0) is 55.8 Å². The molecule has 0 amide bonds. The monoisotopic (exact) mass is 434 g/mol. The Morgan fingerprint density at radius 1 is 1.03 bits per heavy atom. The van der Waals surface area contributed by atoms with E-state index < -0.39 is 0 Å². The second-order valence-corrected chi connectivity index (χ2v) is 9.00. The van der Waals surface area contributed by atoms with Gasteiger partial charge in [-0.15, -0.1) is 0 Å². The molecule has 160 valence electrons. The van der Waals surface area contributed by atoms with Gasteiger partial charge in [-0.2, -0.15) is 9.61 Å². The lowest BCUT2D eigenvalue weighted by Gasteiger charge is -2.20. The van der Waals surface area contributed by atoms with Crippen LogP contribution in [0.3, 0.4) is 0 Å². The van der Waals surface area contributed by atoms with Crippen LogP contribution in [0, 0.1) is 6.92 Å². The van der Waals surface area contributed by atoms with Crippen molar-refractivity contribution >= 4 is 28.8 Å². The molecule has 4 rings (SSSR count). The van der Waals surface area contributed by atoms with Crippen molar-refractivity contribution in [3.8, 4) is 16.9 Å². The standard InChI is InChI=1S/C25H27ClN4O/c1-6-31-20-13-11-19(12-14-20)27-22-15-21(25(3,4)5)28-24-23(16(2)29-30(22)24)17-7-9-18(26)10-8-17/h7-15,27H,6H2,1-5H3. The number of aryl methyl sites for hydroxylation is 1. The molecule has 5 nitrogen and oxygen atoms in total. The molecule has 4 aromatic rings. The van der Waals surface area contributed by atoms with Crippen molar-refractivity contribution in [2.75, 3.05) is 11.9 Å². The van der Waals surface area contributed by atoms with Gasteiger partial charge in [-0.3, -0.25) is 0 Å². The lowest BCUT2D eigenvalue weighted by atomic mass is 9.92.